The SMILES string of the molecule is COCC(NC(C)c1ccc(CC(C)C)cc1)C(C)C. The molecule has 20 heavy (non-hydrogen) atoms. The van der Waals surface area contributed by atoms with Crippen molar-refractivity contribution < 1.29 is 4.74 Å². The molecule has 0 bridgehead atoms. The molecule has 1 N–H and O–H groups in total. The molecule has 0 aliphatic heterocycles. The van der Waals surface area contributed by atoms with E-state index >= 15 is 0 Å². The van der Waals surface area contributed by atoms with Gasteiger partial charge in [0.05, 0.1) is 6.61 Å². The highest BCUT2D eigenvalue weighted by molar-refractivity contribution is 5.25. The highest BCUT2D eigenvalue weighted by atomic mass is 16.5. The lowest BCUT2D eigenvalue weighted by Gasteiger charge is -2.26. The number of ether oxygens (including phenoxy) is 1. The third kappa shape index (κ3) is 5.64. The van der Waals surface area contributed by atoms with Crippen molar-refractivity contribution in [3.8, 4) is 0 Å². The molecule has 1 aromatic rings. The van der Waals surface area contributed by atoms with Gasteiger partial charge in [-0.25, -0.2) is 0 Å². The van der Waals surface area contributed by atoms with Crippen molar-refractivity contribution in [3.05, 3.63) is 35.4 Å². The summed E-state index contributed by atoms with van der Waals surface area (Å²) < 4.78 is 5.30. The molecular formula is C18H31NO. The van der Waals surface area contributed by atoms with Crippen molar-refractivity contribution in [1.82, 2.24) is 5.32 Å². The molecule has 2 unspecified atom stereocenters. The monoisotopic (exact) mass is 277 g/mol. The van der Waals surface area contributed by atoms with E-state index in [2.05, 4.69) is 64.2 Å². The van der Waals surface area contributed by atoms with Crippen LogP contribution in [0, 0.1) is 11.8 Å². The van der Waals surface area contributed by atoms with Gasteiger partial charge in [-0.15, -0.1) is 0 Å². The largest absolute Gasteiger partial charge is 0.383 e. The fourth-order valence-electron chi connectivity index (χ4n) is 2.44. The molecule has 1 aromatic carbocycles. The lowest BCUT2D eigenvalue weighted by Crippen LogP contribution is -2.39. The fourth-order valence-corrected chi connectivity index (χ4v) is 2.44. The maximum Gasteiger partial charge on any atom is 0.0618 e. The van der Waals surface area contributed by atoms with Gasteiger partial charge >= 0.3 is 0 Å². The minimum absolute atomic E-state index is 0.352. The van der Waals surface area contributed by atoms with Gasteiger partial charge in [0.1, 0.15) is 0 Å². The lowest BCUT2D eigenvalue weighted by molar-refractivity contribution is 0.141. The van der Waals surface area contributed by atoms with Gasteiger partial charge in [0.25, 0.3) is 0 Å². The summed E-state index contributed by atoms with van der Waals surface area (Å²) in [6, 6.07) is 9.76. The fraction of sp³-hybridized carbons (Fsp3) is 0.667. The standard InChI is InChI=1S/C18H31NO/c1-13(2)11-16-7-9-17(10-8-16)15(5)19-18(12-20-6)14(3)4/h7-10,13-15,18-19H,11-12H2,1-6H3. The molecule has 0 saturated heterocycles. The van der Waals surface area contributed by atoms with Crippen LogP contribution in [0.15, 0.2) is 24.3 Å². The Labute approximate surface area is 124 Å². The van der Waals surface area contributed by atoms with Gasteiger partial charge in [-0.1, -0.05) is 52.0 Å². The molecule has 0 spiro atoms. The van der Waals surface area contributed by atoms with Gasteiger partial charge in [-0.2, -0.15) is 0 Å². The van der Waals surface area contributed by atoms with Crippen molar-refractivity contribution in [1.29, 1.82) is 0 Å². The van der Waals surface area contributed by atoms with E-state index in [1.165, 1.54) is 11.1 Å². The van der Waals surface area contributed by atoms with Gasteiger partial charge < -0.3 is 10.1 Å². The van der Waals surface area contributed by atoms with E-state index in [4.69, 9.17) is 4.74 Å². The number of benzene rings is 1. The van der Waals surface area contributed by atoms with E-state index in [-0.39, 0.29) is 0 Å². The molecule has 0 aromatic heterocycles. The first-order valence-corrected chi connectivity index (χ1v) is 7.77. The summed E-state index contributed by atoms with van der Waals surface area (Å²) in [6.07, 6.45) is 1.15. The summed E-state index contributed by atoms with van der Waals surface area (Å²) in [4.78, 5) is 0. The Hall–Kier alpha value is -0.860. The molecule has 0 amide bonds. The molecule has 0 aliphatic carbocycles. The van der Waals surface area contributed by atoms with Crippen molar-refractivity contribution in [2.24, 2.45) is 11.8 Å². The zero-order valence-corrected chi connectivity index (χ0v) is 13.9. The summed E-state index contributed by atoms with van der Waals surface area (Å²) >= 11 is 0. The second-order valence-corrected chi connectivity index (χ2v) is 6.53. The van der Waals surface area contributed by atoms with Crippen LogP contribution in [-0.4, -0.2) is 19.8 Å². The maximum absolute atomic E-state index is 5.30. The van der Waals surface area contributed by atoms with Crippen LogP contribution in [-0.2, 0) is 11.2 Å². The second-order valence-electron chi connectivity index (χ2n) is 6.53. The van der Waals surface area contributed by atoms with Crippen molar-refractivity contribution in [2.75, 3.05) is 13.7 Å². The number of rotatable bonds is 8. The van der Waals surface area contributed by atoms with Crippen molar-refractivity contribution in [3.63, 3.8) is 0 Å². The quantitative estimate of drug-likeness (QED) is 0.768. The van der Waals surface area contributed by atoms with Crippen LogP contribution in [0.4, 0.5) is 0 Å². The molecule has 2 nitrogen and oxygen atoms in total. The number of hydrogen-bond acceptors (Lipinski definition) is 2. The summed E-state index contributed by atoms with van der Waals surface area (Å²) in [5, 5.41) is 3.67. The van der Waals surface area contributed by atoms with Crippen LogP contribution in [0.5, 0.6) is 0 Å². The van der Waals surface area contributed by atoms with Gasteiger partial charge in [-0.05, 0) is 36.3 Å². The first-order chi connectivity index (χ1) is 9.43. The molecule has 2 heteroatoms. The number of nitrogens with one attached hydrogen (secondary N) is 1. The summed E-state index contributed by atoms with van der Waals surface area (Å²) in [5.74, 6) is 1.28. The topological polar surface area (TPSA) is 21.3 Å². The van der Waals surface area contributed by atoms with Gasteiger partial charge in [-0.3, -0.25) is 0 Å². The highest BCUT2D eigenvalue weighted by Gasteiger charge is 2.16. The summed E-state index contributed by atoms with van der Waals surface area (Å²) in [5.41, 5.74) is 2.77. The molecule has 0 aliphatic rings. The molecule has 1 rings (SSSR count). The number of methoxy groups -OCH3 is 1. The second kappa shape index (κ2) is 8.43. The zero-order chi connectivity index (χ0) is 15.1. The number of hydrogen-bond donors (Lipinski definition) is 1. The third-order valence-corrected chi connectivity index (χ3v) is 3.74. The molecular weight excluding hydrogens is 246 g/mol. The Balaban J connectivity index is 2.64. The predicted octanol–water partition coefficient (Wildman–Crippen LogP) is 4.21. The Bertz CT molecular complexity index is 370. The Morgan fingerprint density at radius 1 is 1.00 bits per heavy atom. The first-order valence-electron chi connectivity index (χ1n) is 7.77. The Kier molecular flexibility index (Phi) is 7.25. The highest BCUT2D eigenvalue weighted by Crippen LogP contribution is 2.17. The van der Waals surface area contributed by atoms with E-state index in [9.17, 15) is 0 Å². The normalized spacial score (nSPS) is 14.8. The maximum atomic E-state index is 5.30. The average Bonchev–Trinajstić information content (AvgIpc) is 2.38. The molecule has 2 atom stereocenters. The summed E-state index contributed by atoms with van der Waals surface area (Å²) in [7, 11) is 1.77. The van der Waals surface area contributed by atoms with Gasteiger partial charge in [0.15, 0.2) is 0 Å². The molecule has 114 valence electrons. The van der Waals surface area contributed by atoms with E-state index in [1.807, 2.05) is 0 Å². The van der Waals surface area contributed by atoms with E-state index < -0.39 is 0 Å². The average molecular weight is 277 g/mol. The summed E-state index contributed by atoms with van der Waals surface area (Å²) in [6.45, 7) is 12.0. The van der Waals surface area contributed by atoms with Gasteiger partial charge in [0.2, 0.25) is 0 Å². The van der Waals surface area contributed by atoms with Crippen LogP contribution >= 0.6 is 0 Å². The van der Waals surface area contributed by atoms with Crippen LogP contribution in [0.1, 0.15) is 51.8 Å². The minimum atomic E-state index is 0.352. The smallest absolute Gasteiger partial charge is 0.0618 e. The predicted molar refractivity (Wildman–Crippen MR) is 87.0 cm³/mol. The van der Waals surface area contributed by atoms with E-state index in [1.54, 1.807) is 7.11 Å². The third-order valence-electron chi connectivity index (χ3n) is 3.74. The van der Waals surface area contributed by atoms with Crippen molar-refractivity contribution >= 4 is 0 Å². The minimum Gasteiger partial charge on any atom is -0.383 e. The van der Waals surface area contributed by atoms with Crippen molar-refractivity contribution in [2.45, 2.75) is 53.1 Å². The van der Waals surface area contributed by atoms with Crippen LogP contribution in [0.3, 0.4) is 0 Å². The zero-order valence-electron chi connectivity index (χ0n) is 13.9. The Morgan fingerprint density at radius 3 is 2.05 bits per heavy atom. The molecule has 0 heterocycles. The first kappa shape index (κ1) is 17.2. The van der Waals surface area contributed by atoms with Gasteiger partial charge in [0, 0.05) is 19.2 Å². The molecule has 0 fully saturated rings. The molecule has 0 radical (unpaired) electrons. The Morgan fingerprint density at radius 2 is 1.60 bits per heavy atom. The van der Waals surface area contributed by atoms with Crippen LogP contribution in [0.25, 0.3) is 0 Å². The van der Waals surface area contributed by atoms with Crippen LogP contribution < -0.4 is 5.32 Å². The van der Waals surface area contributed by atoms with E-state index in [0.29, 0.717) is 23.9 Å². The van der Waals surface area contributed by atoms with E-state index in [0.717, 1.165) is 13.0 Å². The van der Waals surface area contributed by atoms with Crippen LogP contribution in [0.2, 0.25) is 0 Å². The molecule has 0 saturated carbocycles. The lowest BCUT2D eigenvalue weighted by atomic mass is 9.98.